The summed E-state index contributed by atoms with van der Waals surface area (Å²) >= 11 is 0. The monoisotopic (exact) mass is 310 g/mol. The van der Waals surface area contributed by atoms with Crippen LogP contribution in [0.15, 0.2) is 0 Å². The lowest BCUT2D eigenvalue weighted by molar-refractivity contribution is -0.282. The fraction of sp³-hybridized carbons (Fsp3) is 1.00. The van der Waals surface area contributed by atoms with Gasteiger partial charge in [-0.1, -0.05) is 0 Å². The second-order valence-corrected chi connectivity index (χ2v) is 5.18. The van der Waals surface area contributed by atoms with Crippen LogP contribution in [0.3, 0.4) is 0 Å². The number of hydrogen-bond donors (Lipinski definition) is 5. The van der Waals surface area contributed by atoms with Gasteiger partial charge < -0.3 is 39.7 Å². The van der Waals surface area contributed by atoms with Crippen LogP contribution < -0.4 is 0 Å². The normalized spacial score (nSPS) is 43.9. The summed E-state index contributed by atoms with van der Waals surface area (Å²) in [5, 5.41) is 45.0. The summed E-state index contributed by atoms with van der Waals surface area (Å²) < 4.78 is 16.3. The number of ether oxygens (including phenoxy) is 3. The third-order valence-electron chi connectivity index (χ3n) is 3.65. The molecule has 5 N–H and O–H groups in total. The predicted molar refractivity (Wildman–Crippen MR) is 71.4 cm³/mol. The average Bonchev–Trinajstić information content (AvgIpc) is 2.48. The first-order valence-corrected chi connectivity index (χ1v) is 7.03. The number of aliphatic hydroxyl groups excluding tert-OH is 5. The lowest BCUT2D eigenvalue weighted by atomic mass is 10.0. The van der Waals surface area contributed by atoms with E-state index in [1.165, 1.54) is 0 Å². The standard InChI is InChI=1S/C12H22O7.CH4O/c1-6-8(14)2-7(5-17-6)18-11-3-9(15)12(16)10(4-13)19-11;1-2/h6-16H,2-5H2,1H3;2H,1H3/t6-,7?,8?,9?,10?,11?,12?;/m0./s1. The number of aliphatic hydroxyl groups is 5. The van der Waals surface area contributed by atoms with Crippen molar-refractivity contribution in [1.82, 2.24) is 0 Å². The first kappa shape index (κ1) is 18.7. The summed E-state index contributed by atoms with van der Waals surface area (Å²) in [4.78, 5) is 0. The van der Waals surface area contributed by atoms with Gasteiger partial charge in [-0.3, -0.25) is 0 Å². The summed E-state index contributed by atoms with van der Waals surface area (Å²) in [5.74, 6) is 0. The van der Waals surface area contributed by atoms with E-state index in [0.717, 1.165) is 7.11 Å². The lowest BCUT2D eigenvalue weighted by Crippen LogP contribution is -2.52. The molecule has 2 aliphatic rings. The van der Waals surface area contributed by atoms with Gasteiger partial charge in [-0.15, -0.1) is 0 Å². The largest absolute Gasteiger partial charge is 0.400 e. The second kappa shape index (κ2) is 8.96. The van der Waals surface area contributed by atoms with Crippen LogP contribution in [0.5, 0.6) is 0 Å². The molecule has 21 heavy (non-hydrogen) atoms. The number of hydrogen-bond acceptors (Lipinski definition) is 8. The van der Waals surface area contributed by atoms with Gasteiger partial charge >= 0.3 is 0 Å². The van der Waals surface area contributed by atoms with Gasteiger partial charge in [-0.05, 0) is 6.92 Å². The molecular formula is C13H26O8. The van der Waals surface area contributed by atoms with Crippen LogP contribution in [0.25, 0.3) is 0 Å². The molecule has 8 nitrogen and oxygen atoms in total. The van der Waals surface area contributed by atoms with Crippen molar-refractivity contribution in [2.75, 3.05) is 20.3 Å². The summed E-state index contributed by atoms with van der Waals surface area (Å²) in [6.45, 7) is 1.75. The molecule has 0 spiro atoms. The van der Waals surface area contributed by atoms with Gasteiger partial charge in [0.25, 0.3) is 0 Å². The molecule has 2 aliphatic heterocycles. The van der Waals surface area contributed by atoms with E-state index in [1.807, 2.05) is 0 Å². The van der Waals surface area contributed by atoms with Crippen LogP contribution in [0.4, 0.5) is 0 Å². The minimum Gasteiger partial charge on any atom is -0.400 e. The molecule has 2 fully saturated rings. The molecule has 0 radical (unpaired) electrons. The quantitative estimate of drug-likeness (QED) is 0.404. The Morgan fingerprint density at radius 3 is 2.33 bits per heavy atom. The van der Waals surface area contributed by atoms with Gasteiger partial charge in [-0.2, -0.15) is 0 Å². The van der Waals surface area contributed by atoms with Gasteiger partial charge in [0.2, 0.25) is 0 Å². The molecule has 0 aliphatic carbocycles. The molecule has 2 rings (SSSR count). The SMILES string of the molecule is CO.C[C@@H]1OCC(OC2CC(O)C(O)C(CO)O2)CC1O. The highest BCUT2D eigenvalue weighted by Gasteiger charge is 2.38. The van der Waals surface area contributed by atoms with E-state index >= 15 is 0 Å². The predicted octanol–water partition coefficient (Wildman–Crippen LogP) is -2.02. The Labute approximate surface area is 123 Å². The zero-order chi connectivity index (χ0) is 16.0. The van der Waals surface area contributed by atoms with Crippen molar-refractivity contribution in [2.24, 2.45) is 0 Å². The Hall–Kier alpha value is -0.320. The van der Waals surface area contributed by atoms with Crippen LogP contribution in [0.1, 0.15) is 19.8 Å². The minimum absolute atomic E-state index is 0.125. The van der Waals surface area contributed by atoms with Crippen LogP contribution in [0.2, 0.25) is 0 Å². The van der Waals surface area contributed by atoms with E-state index in [9.17, 15) is 15.3 Å². The van der Waals surface area contributed by atoms with Gasteiger partial charge in [0.1, 0.15) is 12.2 Å². The van der Waals surface area contributed by atoms with Gasteiger partial charge in [0.05, 0.1) is 37.6 Å². The van der Waals surface area contributed by atoms with E-state index in [4.69, 9.17) is 24.4 Å². The maximum atomic E-state index is 9.69. The van der Waals surface area contributed by atoms with Crippen LogP contribution in [-0.4, -0.2) is 88.8 Å². The van der Waals surface area contributed by atoms with Crippen LogP contribution in [-0.2, 0) is 14.2 Å². The van der Waals surface area contributed by atoms with Crippen molar-refractivity contribution in [1.29, 1.82) is 0 Å². The molecule has 2 heterocycles. The highest BCUT2D eigenvalue weighted by Crippen LogP contribution is 2.25. The van der Waals surface area contributed by atoms with Crippen molar-refractivity contribution in [2.45, 2.75) is 62.7 Å². The van der Waals surface area contributed by atoms with Crippen molar-refractivity contribution in [3.05, 3.63) is 0 Å². The maximum Gasteiger partial charge on any atom is 0.161 e. The number of rotatable bonds is 3. The van der Waals surface area contributed by atoms with E-state index in [1.54, 1.807) is 6.92 Å². The van der Waals surface area contributed by atoms with Crippen molar-refractivity contribution in [3.63, 3.8) is 0 Å². The third kappa shape index (κ3) is 5.11. The fourth-order valence-corrected chi connectivity index (χ4v) is 2.36. The van der Waals surface area contributed by atoms with E-state index < -0.39 is 30.7 Å². The van der Waals surface area contributed by atoms with Crippen LogP contribution >= 0.6 is 0 Å². The summed E-state index contributed by atoms with van der Waals surface area (Å²) in [5.41, 5.74) is 0. The zero-order valence-electron chi connectivity index (χ0n) is 12.3. The Kier molecular flexibility index (Phi) is 7.99. The first-order valence-electron chi connectivity index (χ1n) is 7.03. The summed E-state index contributed by atoms with van der Waals surface area (Å²) in [7, 11) is 1.00. The first-order chi connectivity index (χ1) is 10.0. The molecule has 2 saturated heterocycles. The molecule has 6 unspecified atom stereocenters. The van der Waals surface area contributed by atoms with Crippen molar-refractivity contribution < 1.29 is 39.7 Å². The van der Waals surface area contributed by atoms with Crippen molar-refractivity contribution >= 4 is 0 Å². The molecule has 0 aromatic rings. The molecule has 7 atom stereocenters. The van der Waals surface area contributed by atoms with Gasteiger partial charge in [0, 0.05) is 20.0 Å². The second-order valence-electron chi connectivity index (χ2n) is 5.18. The molecule has 126 valence electrons. The molecule has 0 aromatic heterocycles. The van der Waals surface area contributed by atoms with E-state index in [2.05, 4.69) is 0 Å². The summed E-state index contributed by atoms with van der Waals surface area (Å²) in [6.07, 6.45) is -4.26. The lowest BCUT2D eigenvalue weighted by Gasteiger charge is -2.39. The van der Waals surface area contributed by atoms with Crippen LogP contribution in [0, 0.1) is 0 Å². The van der Waals surface area contributed by atoms with E-state index in [0.29, 0.717) is 13.0 Å². The maximum absolute atomic E-state index is 9.69. The van der Waals surface area contributed by atoms with Gasteiger partial charge in [-0.25, -0.2) is 0 Å². The Balaban J connectivity index is 0.00000106. The Bertz CT molecular complexity index is 289. The molecule has 0 aromatic carbocycles. The highest BCUT2D eigenvalue weighted by atomic mass is 16.7. The third-order valence-corrected chi connectivity index (χ3v) is 3.65. The molecule has 8 heteroatoms. The zero-order valence-corrected chi connectivity index (χ0v) is 12.3. The molecule has 0 amide bonds. The summed E-state index contributed by atoms with van der Waals surface area (Å²) in [6, 6.07) is 0. The Morgan fingerprint density at radius 1 is 1.10 bits per heavy atom. The smallest absolute Gasteiger partial charge is 0.161 e. The Morgan fingerprint density at radius 2 is 1.76 bits per heavy atom. The fourth-order valence-electron chi connectivity index (χ4n) is 2.36. The molecular weight excluding hydrogens is 284 g/mol. The van der Waals surface area contributed by atoms with Crippen molar-refractivity contribution in [3.8, 4) is 0 Å². The topological polar surface area (TPSA) is 129 Å². The van der Waals surface area contributed by atoms with E-state index in [-0.39, 0.29) is 25.2 Å². The minimum atomic E-state index is -1.11. The van der Waals surface area contributed by atoms with Gasteiger partial charge in [0.15, 0.2) is 6.29 Å². The molecule has 0 bridgehead atoms. The highest BCUT2D eigenvalue weighted by molar-refractivity contribution is 4.83. The average molecular weight is 310 g/mol. The molecule has 0 saturated carbocycles.